The number of nitrogens with one attached hydrogen (secondary N) is 2. The van der Waals surface area contributed by atoms with Gasteiger partial charge in [0.1, 0.15) is 5.82 Å². The zero-order valence-electron chi connectivity index (χ0n) is 7.16. The van der Waals surface area contributed by atoms with Gasteiger partial charge in [0.15, 0.2) is 0 Å². The number of carbonyl (C=O) groups is 1. The number of aliphatic carboxylic acids is 1. The Bertz CT molecular complexity index is 459. The summed E-state index contributed by atoms with van der Waals surface area (Å²) in [6.07, 6.45) is -0.216. The Labute approximate surface area is 77.6 Å². The van der Waals surface area contributed by atoms with Gasteiger partial charge in [-0.3, -0.25) is 19.6 Å². The first-order valence-electron chi connectivity index (χ1n) is 3.83. The third-order valence-electron chi connectivity index (χ3n) is 1.66. The summed E-state index contributed by atoms with van der Waals surface area (Å²) in [5, 5.41) is 8.39. The second-order valence-corrected chi connectivity index (χ2v) is 2.69. The van der Waals surface area contributed by atoms with Gasteiger partial charge in [0.05, 0.1) is 5.56 Å². The van der Waals surface area contributed by atoms with Crippen molar-refractivity contribution in [2.75, 3.05) is 5.73 Å². The van der Waals surface area contributed by atoms with Gasteiger partial charge in [0.2, 0.25) is 0 Å². The molecule has 14 heavy (non-hydrogen) atoms. The highest BCUT2D eigenvalue weighted by molar-refractivity contribution is 5.67. The van der Waals surface area contributed by atoms with Crippen molar-refractivity contribution in [2.45, 2.75) is 12.8 Å². The fraction of sp³-hybridized carbons (Fsp3) is 0.286. The Kier molecular flexibility index (Phi) is 2.70. The molecule has 0 saturated heterocycles. The number of nitrogens with two attached hydrogens (primary N) is 1. The Morgan fingerprint density at radius 1 is 1.36 bits per heavy atom. The minimum Gasteiger partial charge on any atom is -0.481 e. The highest BCUT2D eigenvalue weighted by Crippen LogP contribution is 2.01. The van der Waals surface area contributed by atoms with Gasteiger partial charge in [-0.1, -0.05) is 0 Å². The van der Waals surface area contributed by atoms with Gasteiger partial charge in [-0.25, -0.2) is 4.79 Å². The van der Waals surface area contributed by atoms with E-state index in [4.69, 9.17) is 10.8 Å². The standard InChI is InChI=1S/C7H9N3O4/c8-5-3(1-2-4(11)12)6(13)10-7(14)9-5/h1-2H2,(H,11,12)(H4,8,9,10,13,14). The van der Waals surface area contributed by atoms with E-state index in [2.05, 4.69) is 4.98 Å². The van der Waals surface area contributed by atoms with Gasteiger partial charge in [0.25, 0.3) is 5.56 Å². The molecule has 0 spiro atoms. The molecular formula is C7H9N3O4. The van der Waals surface area contributed by atoms with E-state index in [1.807, 2.05) is 4.98 Å². The van der Waals surface area contributed by atoms with Crippen LogP contribution in [0.25, 0.3) is 0 Å². The van der Waals surface area contributed by atoms with Gasteiger partial charge in [-0.05, 0) is 6.42 Å². The molecule has 1 rings (SSSR count). The average molecular weight is 199 g/mol. The average Bonchev–Trinajstić information content (AvgIpc) is 2.01. The summed E-state index contributed by atoms with van der Waals surface area (Å²) in [6.45, 7) is 0. The molecule has 0 aliphatic heterocycles. The van der Waals surface area contributed by atoms with Crippen LogP contribution in [0, 0.1) is 0 Å². The van der Waals surface area contributed by atoms with Crippen molar-refractivity contribution < 1.29 is 9.90 Å². The molecule has 0 bridgehead atoms. The summed E-state index contributed by atoms with van der Waals surface area (Å²) in [4.78, 5) is 36.2. The van der Waals surface area contributed by atoms with Crippen LogP contribution in [0.1, 0.15) is 12.0 Å². The van der Waals surface area contributed by atoms with E-state index >= 15 is 0 Å². The van der Waals surface area contributed by atoms with E-state index in [1.165, 1.54) is 0 Å². The molecule has 76 valence electrons. The first-order chi connectivity index (χ1) is 6.50. The van der Waals surface area contributed by atoms with Crippen LogP contribution in [0.4, 0.5) is 5.82 Å². The molecular weight excluding hydrogens is 190 g/mol. The van der Waals surface area contributed by atoms with Gasteiger partial charge in [-0.2, -0.15) is 0 Å². The normalized spacial score (nSPS) is 10.0. The van der Waals surface area contributed by atoms with E-state index in [-0.39, 0.29) is 24.2 Å². The molecule has 0 amide bonds. The quantitative estimate of drug-likeness (QED) is 0.479. The van der Waals surface area contributed by atoms with E-state index in [1.54, 1.807) is 0 Å². The van der Waals surface area contributed by atoms with Crippen LogP contribution in [0.3, 0.4) is 0 Å². The molecule has 0 fully saturated rings. The summed E-state index contributed by atoms with van der Waals surface area (Å²) < 4.78 is 0. The van der Waals surface area contributed by atoms with Gasteiger partial charge >= 0.3 is 11.7 Å². The predicted octanol–water partition coefficient (Wildman–Crippen LogP) is -1.34. The molecule has 5 N–H and O–H groups in total. The lowest BCUT2D eigenvalue weighted by Crippen LogP contribution is -2.27. The molecule has 0 aliphatic rings. The van der Waals surface area contributed by atoms with Crippen molar-refractivity contribution in [2.24, 2.45) is 0 Å². The van der Waals surface area contributed by atoms with Crippen molar-refractivity contribution in [3.63, 3.8) is 0 Å². The number of carboxylic acids is 1. The van der Waals surface area contributed by atoms with Crippen molar-refractivity contribution in [3.8, 4) is 0 Å². The molecule has 0 unspecified atom stereocenters. The van der Waals surface area contributed by atoms with E-state index in [0.29, 0.717) is 0 Å². The Balaban J connectivity index is 3.03. The Morgan fingerprint density at radius 3 is 2.50 bits per heavy atom. The predicted molar refractivity (Wildman–Crippen MR) is 48.1 cm³/mol. The topological polar surface area (TPSA) is 129 Å². The van der Waals surface area contributed by atoms with Crippen LogP contribution in [0.15, 0.2) is 9.59 Å². The Morgan fingerprint density at radius 2 is 2.00 bits per heavy atom. The molecule has 0 aliphatic carbocycles. The van der Waals surface area contributed by atoms with E-state index in [9.17, 15) is 14.4 Å². The zero-order valence-corrected chi connectivity index (χ0v) is 7.16. The molecule has 0 atom stereocenters. The number of anilines is 1. The summed E-state index contributed by atoms with van der Waals surface area (Å²) in [5.41, 5.74) is 4.08. The number of aromatic nitrogens is 2. The molecule has 7 nitrogen and oxygen atoms in total. The maximum absolute atomic E-state index is 11.1. The second-order valence-electron chi connectivity index (χ2n) is 2.69. The third-order valence-corrected chi connectivity index (χ3v) is 1.66. The summed E-state index contributed by atoms with van der Waals surface area (Å²) in [5.74, 6) is -1.12. The van der Waals surface area contributed by atoms with Crippen LogP contribution in [0.5, 0.6) is 0 Å². The minimum absolute atomic E-state index is 0.00667. The number of aromatic amines is 2. The fourth-order valence-corrected chi connectivity index (χ4v) is 1.01. The van der Waals surface area contributed by atoms with Crippen molar-refractivity contribution in [1.29, 1.82) is 0 Å². The third kappa shape index (κ3) is 2.22. The highest BCUT2D eigenvalue weighted by atomic mass is 16.4. The molecule has 0 radical (unpaired) electrons. The van der Waals surface area contributed by atoms with Crippen molar-refractivity contribution in [3.05, 3.63) is 26.4 Å². The van der Waals surface area contributed by atoms with Crippen LogP contribution >= 0.6 is 0 Å². The lowest BCUT2D eigenvalue weighted by atomic mass is 10.2. The summed E-state index contributed by atoms with van der Waals surface area (Å²) >= 11 is 0. The van der Waals surface area contributed by atoms with Gasteiger partial charge < -0.3 is 10.8 Å². The first-order valence-corrected chi connectivity index (χ1v) is 3.83. The number of H-pyrrole nitrogens is 2. The number of carboxylic acid groups (broad SMARTS) is 1. The summed E-state index contributed by atoms with van der Waals surface area (Å²) in [7, 11) is 0. The molecule has 1 heterocycles. The number of nitrogen functional groups attached to an aromatic ring is 1. The van der Waals surface area contributed by atoms with Crippen molar-refractivity contribution in [1.82, 2.24) is 9.97 Å². The Hall–Kier alpha value is -2.05. The number of hydrogen-bond acceptors (Lipinski definition) is 4. The maximum Gasteiger partial charge on any atom is 0.327 e. The van der Waals surface area contributed by atoms with Crippen molar-refractivity contribution >= 4 is 11.8 Å². The number of hydrogen-bond donors (Lipinski definition) is 4. The largest absolute Gasteiger partial charge is 0.481 e. The number of rotatable bonds is 3. The molecule has 0 aromatic carbocycles. The van der Waals surface area contributed by atoms with Gasteiger partial charge in [0, 0.05) is 6.42 Å². The van der Waals surface area contributed by atoms with Crippen LogP contribution in [0.2, 0.25) is 0 Å². The zero-order chi connectivity index (χ0) is 10.7. The lowest BCUT2D eigenvalue weighted by Gasteiger charge is -2.00. The minimum atomic E-state index is -1.03. The van der Waals surface area contributed by atoms with Crippen LogP contribution in [-0.2, 0) is 11.2 Å². The van der Waals surface area contributed by atoms with Gasteiger partial charge in [-0.15, -0.1) is 0 Å². The first kappa shape index (κ1) is 10.0. The lowest BCUT2D eigenvalue weighted by molar-refractivity contribution is -0.136. The molecule has 1 aromatic rings. The van der Waals surface area contributed by atoms with E-state index in [0.717, 1.165) is 0 Å². The highest BCUT2D eigenvalue weighted by Gasteiger charge is 2.08. The molecule has 0 saturated carbocycles. The SMILES string of the molecule is Nc1[nH]c(=O)[nH]c(=O)c1CCC(=O)O. The fourth-order valence-electron chi connectivity index (χ4n) is 1.01. The monoisotopic (exact) mass is 199 g/mol. The van der Waals surface area contributed by atoms with Crippen LogP contribution in [-0.4, -0.2) is 21.0 Å². The summed E-state index contributed by atoms with van der Waals surface area (Å²) in [6, 6.07) is 0. The smallest absolute Gasteiger partial charge is 0.327 e. The molecule has 1 aromatic heterocycles. The van der Waals surface area contributed by atoms with E-state index < -0.39 is 17.2 Å². The molecule has 7 heteroatoms. The maximum atomic E-state index is 11.1. The second kappa shape index (κ2) is 3.77. The van der Waals surface area contributed by atoms with Crippen LogP contribution < -0.4 is 17.0 Å².